The second-order valence-electron chi connectivity index (χ2n) is 5.70. The van der Waals surface area contributed by atoms with Gasteiger partial charge in [0.05, 0.1) is 16.8 Å². The smallest absolute Gasteiger partial charge is 0.355 e. The molecule has 3 aromatic rings. The lowest BCUT2D eigenvalue weighted by molar-refractivity contribution is -0.141. The van der Waals surface area contributed by atoms with Crippen LogP contribution in [0, 0.1) is 0 Å². The molecule has 7 heteroatoms. The van der Waals surface area contributed by atoms with Crippen LogP contribution < -0.4 is 5.32 Å². The third-order valence-electron chi connectivity index (χ3n) is 3.69. The Morgan fingerprint density at radius 2 is 1.75 bits per heavy atom. The van der Waals surface area contributed by atoms with Crippen LogP contribution in [0.25, 0.3) is 6.08 Å². The monoisotopic (exact) mass is 415 g/mol. The maximum Gasteiger partial charge on any atom is 0.355 e. The topological polar surface area (TPSA) is 68.5 Å². The normalized spacial score (nSPS) is 11.1. The Balaban J connectivity index is 1.83. The van der Waals surface area contributed by atoms with Crippen molar-refractivity contribution in [1.82, 2.24) is 5.32 Å². The first-order valence-corrected chi connectivity index (χ1v) is 9.01. The molecule has 0 aliphatic carbocycles. The van der Waals surface area contributed by atoms with E-state index >= 15 is 0 Å². The second-order valence-corrected chi connectivity index (χ2v) is 6.54. The van der Waals surface area contributed by atoms with Crippen LogP contribution in [0.15, 0.2) is 77.0 Å². The Kier molecular flexibility index (Phi) is 6.53. The zero-order chi connectivity index (χ0) is 19.9. The highest BCUT2D eigenvalue weighted by atomic mass is 35.5. The lowest BCUT2D eigenvalue weighted by Crippen LogP contribution is -2.28. The minimum absolute atomic E-state index is 0.0428. The molecule has 142 valence electrons. The van der Waals surface area contributed by atoms with Crippen molar-refractivity contribution in [2.45, 2.75) is 6.61 Å². The van der Waals surface area contributed by atoms with Crippen LogP contribution >= 0.6 is 23.2 Å². The van der Waals surface area contributed by atoms with E-state index in [9.17, 15) is 9.59 Å². The van der Waals surface area contributed by atoms with E-state index in [1.54, 1.807) is 60.7 Å². The third kappa shape index (κ3) is 5.25. The number of carbonyl (C=O) groups is 2. The summed E-state index contributed by atoms with van der Waals surface area (Å²) in [6.07, 6.45) is 2.97. The van der Waals surface area contributed by atoms with E-state index in [0.717, 1.165) is 0 Å². The Morgan fingerprint density at radius 3 is 2.43 bits per heavy atom. The molecule has 1 aromatic heterocycles. The highest BCUT2D eigenvalue weighted by Crippen LogP contribution is 2.17. The maximum atomic E-state index is 12.6. The molecule has 2 aromatic carbocycles. The molecule has 1 N–H and O–H groups in total. The molecule has 5 nitrogen and oxygen atoms in total. The van der Waals surface area contributed by atoms with Gasteiger partial charge >= 0.3 is 5.97 Å². The van der Waals surface area contributed by atoms with Crippen molar-refractivity contribution >= 4 is 41.2 Å². The van der Waals surface area contributed by atoms with Crippen molar-refractivity contribution < 1.29 is 18.7 Å². The molecule has 0 spiro atoms. The largest absolute Gasteiger partial charge is 0.466 e. The van der Waals surface area contributed by atoms with Gasteiger partial charge in [-0.25, -0.2) is 4.79 Å². The Labute approximate surface area is 171 Å². The number of benzene rings is 2. The number of rotatable bonds is 6. The molecule has 0 fully saturated rings. The van der Waals surface area contributed by atoms with E-state index in [2.05, 4.69) is 5.32 Å². The molecule has 3 rings (SSSR count). The number of hydrogen-bond acceptors (Lipinski definition) is 4. The van der Waals surface area contributed by atoms with E-state index in [-0.39, 0.29) is 22.9 Å². The van der Waals surface area contributed by atoms with Crippen molar-refractivity contribution in [3.05, 3.63) is 99.6 Å². The van der Waals surface area contributed by atoms with E-state index in [4.69, 9.17) is 32.4 Å². The van der Waals surface area contributed by atoms with Gasteiger partial charge in [-0.1, -0.05) is 47.5 Å². The summed E-state index contributed by atoms with van der Waals surface area (Å²) in [5.74, 6) is -0.760. The highest BCUT2D eigenvalue weighted by molar-refractivity contribution is 6.34. The first kappa shape index (κ1) is 19.7. The minimum atomic E-state index is -0.716. The number of amides is 1. The average molecular weight is 416 g/mol. The van der Waals surface area contributed by atoms with Crippen LogP contribution in [0.5, 0.6) is 0 Å². The number of nitrogens with one attached hydrogen (secondary N) is 1. The molecular weight excluding hydrogens is 401 g/mol. The van der Waals surface area contributed by atoms with Crippen LogP contribution in [0.3, 0.4) is 0 Å². The molecule has 0 aliphatic heterocycles. The first-order chi connectivity index (χ1) is 13.5. The molecule has 0 saturated carbocycles. The Bertz CT molecular complexity index is 996. The number of esters is 1. The Hall–Kier alpha value is -3.02. The van der Waals surface area contributed by atoms with Crippen molar-refractivity contribution in [2.24, 2.45) is 0 Å². The van der Waals surface area contributed by atoms with Gasteiger partial charge in [-0.05, 0) is 48.0 Å². The molecule has 0 atom stereocenters. The minimum Gasteiger partial charge on any atom is -0.466 e. The standard InChI is InChI=1S/C21H15Cl2NO4/c22-15-9-7-14(8-10-15)12-19(21(26)28-13-16-4-3-11-27-16)24-20(25)17-5-1-2-6-18(17)23/h1-12H,13H2,(H,24,25). The molecule has 0 aliphatic rings. The van der Waals surface area contributed by atoms with Gasteiger partial charge in [-0.15, -0.1) is 0 Å². The fourth-order valence-electron chi connectivity index (χ4n) is 2.32. The van der Waals surface area contributed by atoms with Crippen molar-refractivity contribution in [3.8, 4) is 0 Å². The van der Waals surface area contributed by atoms with Gasteiger partial charge in [0.15, 0.2) is 0 Å². The zero-order valence-electron chi connectivity index (χ0n) is 14.5. The lowest BCUT2D eigenvalue weighted by atomic mass is 10.1. The van der Waals surface area contributed by atoms with Crippen LogP contribution in [-0.4, -0.2) is 11.9 Å². The van der Waals surface area contributed by atoms with Crippen molar-refractivity contribution in [3.63, 3.8) is 0 Å². The molecule has 1 heterocycles. The number of halogens is 2. The van der Waals surface area contributed by atoms with Crippen molar-refractivity contribution in [1.29, 1.82) is 0 Å². The Morgan fingerprint density at radius 1 is 1.00 bits per heavy atom. The summed E-state index contributed by atoms with van der Waals surface area (Å²) < 4.78 is 10.4. The molecule has 1 amide bonds. The van der Waals surface area contributed by atoms with Gasteiger partial charge in [0, 0.05) is 5.02 Å². The van der Waals surface area contributed by atoms with Gasteiger partial charge in [-0.3, -0.25) is 4.79 Å². The van der Waals surface area contributed by atoms with E-state index < -0.39 is 11.9 Å². The van der Waals surface area contributed by atoms with Crippen LogP contribution in [0.1, 0.15) is 21.7 Å². The van der Waals surface area contributed by atoms with E-state index in [1.807, 2.05) is 0 Å². The van der Waals surface area contributed by atoms with Crippen LogP contribution in [-0.2, 0) is 16.1 Å². The fraction of sp³-hybridized carbons (Fsp3) is 0.0476. The summed E-state index contributed by atoms with van der Waals surface area (Å²) in [5.41, 5.74) is 0.859. The zero-order valence-corrected chi connectivity index (χ0v) is 16.0. The van der Waals surface area contributed by atoms with Gasteiger partial charge in [-0.2, -0.15) is 0 Å². The number of carbonyl (C=O) groups excluding carboxylic acids is 2. The predicted octanol–water partition coefficient (Wildman–Crippen LogP) is 5.10. The van der Waals surface area contributed by atoms with Gasteiger partial charge in [0.25, 0.3) is 5.91 Å². The number of furan rings is 1. The van der Waals surface area contributed by atoms with E-state index in [1.165, 1.54) is 12.3 Å². The van der Waals surface area contributed by atoms with Crippen LogP contribution in [0.4, 0.5) is 0 Å². The summed E-state index contributed by atoms with van der Waals surface area (Å²) in [7, 11) is 0. The summed E-state index contributed by atoms with van der Waals surface area (Å²) in [6.45, 7) is -0.0637. The lowest BCUT2D eigenvalue weighted by Gasteiger charge is -2.11. The van der Waals surface area contributed by atoms with Gasteiger partial charge in [0.1, 0.15) is 18.1 Å². The molecule has 0 unspecified atom stereocenters. The molecule has 0 saturated heterocycles. The van der Waals surface area contributed by atoms with Gasteiger partial charge in [0.2, 0.25) is 0 Å². The van der Waals surface area contributed by atoms with Crippen molar-refractivity contribution in [2.75, 3.05) is 0 Å². The summed E-state index contributed by atoms with van der Waals surface area (Å²) in [5, 5.41) is 3.39. The fourth-order valence-corrected chi connectivity index (χ4v) is 2.66. The summed E-state index contributed by atoms with van der Waals surface area (Å²) >= 11 is 12.0. The predicted molar refractivity (Wildman–Crippen MR) is 107 cm³/mol. The summed E-state index contributed by atoms with van der Waals surface area (Å²) in [4.78, 5) is 25.1. The average Bonchev–Trinajstić information content (AvgIpc) is 3.21. The number of ether oxygens (including phenoxy) is 1. The second kappa shape index (κ2) is 9.26. The third-order valence-corrected chi connectivity index (χ3v) is 4.27. The molecule has 0 bridgehead atoms. The molecular formula is C21H15Cl2NO4. The quantitative estimate of drug-likeness (QED) is 0.449. The SMILES string of the molecule is O=C(OCc1ccco1)C(=Cc1ccc(Cl)cc1)NC(=O)c1ccccc1Cl. The van der Waals surface area contributed by atoms with E-state index in [0.29, 0.717) is 16.3 Å². The summed E-state index contributed by atoms with van der Waals surface area (Å²) in [6, 6.07) is 16.7. The molecule has 0 radical (unpaired) electrons. The van der Waals surface area contributed by atoms with Crippen LogP contribution in [0.2, 0.25) is 10.0 Å². The van der Waals surface area contributed by atoms with Gasteiger partial charge < -0.3 is 14.5 Å². The first-order valence-electron chi connectivity index (χ1n) is 8.25. The highest BCUT2D eigenvalue weighted by Gasteiger charge is 2.18. The molecule has 28 heavy (non-hydrogen) atoms. The number of hydrogen-bond donors (Lipinski definition) is 1. The maximum absolute atomic E-state index is 12.6.